The number of nitrogen functional groups attached to an aromatic ring is 1. The molecular weight excluding hydrogens is 244 g/mol. The molecule has 0 amide bonds. The predicted molar refractivity (Wildman–Crippen MR) is 74.9 cm³/mol. The number of benzene rings is 1. The Hall–Kier alpha value is -1.54. The summed E-state index contributed by atoms with van der Waals surface area (Å²) in [6.45, 7) is 0. The SMILES string of the molecule is Nc1cc(Cl)ccc1C1CCCc2cccnc21. The average Bonchev–Trinajstić information content (AvgIpc) is 2.38. The van der Waals surface area contributed by atoms with Crippen molar-refractivity contribution in [3.63, 3.8) is 0 Å². The molecule has 1 heterocycles. The lowest BCUT2D eigenvalue weighted by Crippen LogP contribution is -2.14. The van der Waals surface area contributed by atoms with Gasteiger partial charge in [-0.25, -0.2) is 0 Å². The third-order valence-electron chi connectivity index (χ3n) is 3.62. The maximum absolute atomic E-state index is 6.10. The minimum Gasteiger partial charge on any atom is -0.398 e. The molecule has 1 aliphatic rings. The van der Waals surface area contributed by atoms with Gasteiger partial charge < -0.3 is 5.73 Å². The molecule has 0 radical (unpaired) electrons. The van der Waals surface area contributed by atoms with Gasteiger partial charge in [0.2, 0.25) is 0 Å². The zero-order chi connectivity index (χ0) is 12.5. The van der Waals surface area contributed by atoms with Gasteiger partial charge in [0.15, 0.2) is 0 Å². The molecule has 1 aromatic carbocycles. The van der Waals surface area contributed by atoms with Crippen LogP contribution in [0.25, 0.3) is 0 Å². The molecule has 0 spiro atoms. The van der Waals surface area contributed by atoms with Gasteiger partial charge in [0.25, 0.3) is 0 Å². The fourth-order valence-corrected chi connectivity index (χ4v) is 2.96. The Morgan fingerprint density at radius 1 is 1.28 bits per heavy atom. The molecule has 2 N–H and O–H groups in total. The number of hydrogen-bond donors (Lipinski definition) is 1. The van der Waals surface area contributed by atoms with Crippen molar-refractivity contribution in [2.24, 2.45) is 0 Å². The lowest BCUT2D eigenvalue weighted by molar-refractivity contribution is 0.600. The molecule has 3 heteroatoms. The summed E-state index contributed by atoms with van der Waals surface area (Å²) >= 11 is 5.96. The smallest absolute Gasteiger partial charge is 0.0511 e. The van der Waals surface area contributed by atoms with Gasteiger partial charge in [-0.3, -0.25) is 4.98 Å². The molecule has 1 aliphatic carbocycles. The van der Waals surface area contributed by atoms with Gasteiger partial charge in [-0.05, 0) is 48.6 Å². The zero-order valence-electron chi connectivity index (χ0n) is 10.1. The molecule has 0 aliphatic heterocycles. The number of halogens is 1. The van der Waals surface area contributed by atoms with Gasteiger partial charge in [0.1, 0.15) is 0 Å². The molecule has 1 aromatic heterocycles. The highest BCUT2D eigenvalue weighted by molar-refractivity contribution is 6.30. The second kappa shape index (κ2) is 4.62. The van der Waals surface area contributed by atoms with Crippen LogP contribution >= 0.6 is 11.6 Å². The summed E-state index contributed by atoms with van der Waals surface area (Å²) in [5.41, 5.74) is 10.5. The van der Waals surface area contributed by atoms with E-state index in [2.05, 4.69) is 11.1 Å². The van der Waals surface area contributed by atoms with Crippen molar-refractivity contribution in [3.05, 3.63) is 58.4 Å². The first kappa shape index (κ1) is 11.5. The maximum Gasteiger partial charge on any atom is 0.0511 e. The summed E-state index contributed by atoms with van der Waals surface area (Å²) in [5.74, 6) is 0.312. The van der Waals surface area contributed by atoms with Crippen molar-refractivity contribution in [3.8, 4) is 0 Å². The van der Waals surface area contributed by atoms with Crippen LogP contribution in [0.15, 0.2) is 36.5 Å². The second-order valence-corrected chi connectivity index (χ2v) is 5.20. The predicted octanol–water partition coefficient (Wildman–Crippen LogP) is 3.79. The van der Waals surface area contributed by atoms with Crippen molar-refractivity contribution in [1.29, 1.82) is 0 Å². The van der Waals surface area contributed by atoms with Crippen LogP contribution in [0.3, 0.4) is 0 Å². The number of rotatable bonds is 1. The first-order valence-corrected chi connectivity index (χ1v) is 6.62. The Bertz CT molecular complexity index is 580. The Kier molecular flexibility index (Phi) is 2.96. The molecule has 2 nitrogen and oxygen atoms in total. The zero-order valence-corrected chi connectivity index (χ0v) is 10.8. The van der Waals surface area contributed by atoms with E-state index in [0.29, 0.717) is 10.9 Å². The van der Waals surface area contributed by atoms with E-state index in [1.165, 1.54) is 17.7 Å². The number of aryl methyl sites for hydroxylation is 1. The van der Waals surface area contributed by atoms with E-state index in [9.17, 15) is 0 Å². The van der Waals surface area contributed by atoms with E-state index >= 15 is 0 Å². The molecule has 0 saturated heterocycles. The van der Waals surface area contributed by atoms with E-state index < -0.39 is 0 Å². The van der Waals surface area contributed by atoms with E-state index in [-0.39, 0.29) is 0 Å². The summed E-state index contributed by atoms with van der Waals surface area (Å²) in [6.07, 6.45) is 5.28. The molecule has 0 fully saturated rings. The lowest BCUT2D eigenvalue weighted by Gasteiger charge is -2.25. The highest BCUT2D eigenvalue weighted by atomic mass is 35.5. The molecule has 0 saturated carbocycles. The maximum atomic E-state index is 6.10. The molecule has 0 bridgehead atoms. The van der Waals surface area contributed by atoms with Crippen LogP contribution < -0.4 is 5.73 Å². The normalized spacial score (nSPS) is 18.4. The molecule has 1 unspecified atom stereocenters. The van der Waals surface area contributed by atoms with Crippen molar-refractivity contribution < 1.29 is 0 Å². The molecule has 3 rings (SSSR count). The number of nitrogens with zero attached hydrogens (tertiary/aromatic N) is 1. The number of pyridine rings is 1. The topological polar surface area (TPSA) is 38.9 Å². The van der Waals surface area contributed by atoms with Crippen LogP contribution in [0.1, 0.15) is 35.6 Å². The number of hydrogen-bond acceptors (Lipinski definition) is 2. The van der Waals surface area contributed by atoms with E-state index in [4.69, 9.17) is 17.3 Å². The highest BCUT2D eigenvalue weighted by Crippen LogP contribution is 2.38. The van der Waals surface area contributed by atoms with Crippen LogP contribution in [-0.4, -0.2) is 4.98 Å². The third-order valence-corrected chi connectivity index (χ3v) is 3.85. The molecular formula is C15H15ClN2. The summed E-state index contributed by atoms with van der Waals surface area (Å²) in [5, 5.41) is 0.688. The van der Waals surface area contributed by atoms with Crippen molar-refractivity contribution >= 4 is 17.3 Å². The van der Waals surface area contributed by atoms with Gasteiger partial charge in [0.05, 0.1) is 5.69 Å². The Labute approximate surface area is 112 Å². The summed E-state index contributed by atoms with van der Waals surface area (Å²) in [7, 11) is 0. The fraction of sp³-hybridized carbons (Fsp3) is 0.267. The van der Waals surface area contributed by atoms with E-state index in [1.54, 1.807) is 0 Å². The van der Waals surface area contributed by atoms with Crippen LogP contribution in [0, 0.1) is 0 Å². The lowest BCUT2D eigenvalue weighted by atomic mass is 9.81. The van der Waals surface area contributed by atoms with Crippen molar-refractivity contribution in [1.82, 2.24) is 4.98 Å². The van der Waals surface area contributed by atoms with Gasteiger partial charge in [-0.15, -0.1) is 0 Å². The average molecular weight is 259 g/mol. The quantitative estimate of drug-likeness (QED) is 0.791. The number of anilines is 1. The summed E-state index contributed by atoms with van der Waals surface area (Å²) < 4.78 is 0. The minimum absolute atomic E-state index is 0.312. The summed E-state index contributed by atoms with van der Waals surface area (Å²) in [4.78, 5) is 4.55. The Morgan fingerprint density at radius 2 is 2.17 bits per heavy atom. The van der Waals surface area contributed by atoms with Crippen LogP contribution in [0.5, 0.6) is 0 Å². The number of fused-ring (bicyclic) bond motifs is 1. The molecule has 1 atom stereocenters. The van der Waals surface area contributed by atoms with Gasteiger partial charge >= 0.3 is 0 Å². The Morgan fingerprint density at radius 3 is 3.00 bits per heavy atom. The first-order valence-electron chi connectivity index (χ1n) is 6.24. The summed E-state index contributed by atoms with van der Waals surface area (Å²) in [6, 6.07) is 9.94. The first-order chi connectivity index (χ1) is 8.75. The largest absolute Gasteiger partial charge is 0.398 e. The van der Waals surface area contributed by atoms with Crippen LogP contribution in [0.2, 0.25) is 5.02 Å². The van der Waals surface area contributed by atoms with E-state index in [1.807, 2.05) is 30.5 Å². The number of aromatic nitrogens is 1. The minimum atomic E-state index is 0.312. The third kappa shape index (κ3) is 1.97. The standard InChI is InChI=1S/C15H15ClN2/c16-11-6-7-12(14(17)9-11)13-5-1-3-10-4-2-8-18-15(10)13/h2,4,6-9,13H,1,3,5,17H2. The highest BCUT2D eigenvalue weighted by Gasteiger charge is 2.24. The second-order valence-electron chi connectivity index (χ2n) is 4.77. The van der Waals surface area contributed by atoms with Crippen LogP contribution in [-0.2, 0) is 6.42 Å². The Balaban J connectivity index is 2.08. The van der Waals surface area contributed by atoms with Crippen LogP contribution in [0.4, 0.5) is 5.69 Å². The van der Waals surface area contributed by atoms with Gasteiger partial charge in [-0.1, -0.05) is 23.7 Å². The van der Waals surface area contributed by atoms with E-state index in [0.717, 1.165) is 24.1 Å². The number of nitrogens with two attached hydrogens (primary N) is 1. The molecule has 92 valence electrons. The fourth-order valence-electron chi connectivity index (χ4n) is 2.78. The van der Waals surface area contributed by atoms with Crippen molar-refractivity contribution in [2.45, 2.75) is 25.2 Å². The van der Waals surface area contributed by atoms with Crippen molar-refractivity contribution in [2.75, 3.05) is 5.73 Å². The molecule has 18 heavy (non-hydrogen) atoms. The van der Waals surface area contributed by atoms with Gasteiger partial charge in [0, 0.05) is 22.8 Å². The molecule has 2 aromatic rings. The van der Waals surface area contributed by atoms with Gasteiger partial charge in [-0.2, -0.15) is 0 Å². The monoisotopic (exact) mass is 258 g/mol.